The standard InChI is InChI=1S/C13H22N2O2/c1-17-13(16)15-11-5-8-4-9-2-7(8)3-10(6-11)12(9)14/h7-12H,2-6,14H2,1H3,(H,15,16)/t7?,8?,9?,10?,11-,12+/m1/s1. The van der Waals surface area contributed by atoms with Crippen LogP contribution < -0.4 is 11.1 Å². The maximum absolute atomic E-state index is 11.3. The Hall–Kier alpha value is -0.770. The Morgan fingerprint density at radius 2 is 1.59 bits per heavy atom. The van der Waals surface area contributed by atoms with Crippen LogP contribution in [0.4, 0.5) is 4.79 Å². The first-order valence-corrected chi connectivity index (χ1v) is 6.77. The number of hydrogen-bond acceptors (Lipinski definition) is 3. The van der Waals surface area contributed by atoms with Crippen LogP contribution in [-0.4, -0.2) is 25.3 Å². The second-order valence-corrected chi connectivity index (χ2v) is 6.13. The predicted molar refractivity (Wildman–Crippen MR) is 64.3 cm³/mol. The number of methoxy groups -OCH3 is 1. The lowest BCUT2D eigenvalue weighted by Crippen LogP contribution is -2.44. The molecule has 0 radical (unpaired) electrons. The Labute approximate surface area is 102 Å². The van der Waals surface area contributed by atoms with Crippen molar-refractivity contribution in [3.8, 4) is 0 Å². The quantitative estimate of drug-likeness (QED) is 0.727. The van der Waals surface area contributed by atoms with Crippen molar-refractivity contribution in [2.75, 3.05) is 7.11 Å². The van der Waals surface area contributed by atoms with E-state index in [9.17, 15) is 4.79 Å². The number of nitrogens with two attached hydrogens (primary N) is 1. The number of rotatable bonds is 1. The van der Waals surface area contributed by atoms with Gasteiger partial charge in [0.15, 0.2) is 0 Å². The van der Waals surface area contributed by atoms with Gasteiger partial charge >= 0.3 is 6.09 Å². The molecule has 96 valence electrons. The third-order valence-corrected chi connectivity index (χ3v) is 5.25. The molecule has 0 spiro atoms. The van der Waals surface area contributed by atoms with Gasteiger partial charge in [-0.15, -0.1) is 0 Å². The summed E-state index contributed by atoms with van der Waals surface area (Å²) in [5, 5.41) is 2.98. The van der Waals surface area contributed by atoms with Gasteiger partial charge in [0.2, 0.25) is 0 Å². The molecule has 1 amide bonds. The van der Waals surface area contributed by atoms with Crippen molar-refractivity contribution in [1.82, 2.24) is 5.32 Å². The van der Waals surface area contributed by atoms with E-state index in [1.165, 1.54) is 26.4 Å². The summed E-state index contributed by atoms with van der Waals surface area (Å²) in [7, 11) is 1.43. The SMILES string of the molecule is COC(=O)N[C@@H]1CC2CC3CC2CC(C1)[C@H]3N. The van der Waals surface area contributed by atoms with Crippen molar-refractivity contribution in [2.45, 2.75) is 44.2 Å². The average Bonchev–Trinajstić information content (AvgIpc) is 2.57. The van der Waals surface area contributed by atoms with E-state index >= 15 is 0 Å². The third kappa shape index (κ3) is 1.92. The number of hydrogen-bond donors (Lipinski definition) is 2. The molecule has 0 heterocycles. The van der Waals surface area contributed by atoms with Gasteiger partial charge in [0.1, 0.15) is 0 Å². The third-order valence-electron chi connectivity index (χ3n) is 5.25. The first-order chi connectivity index (χ1) is 8.17. The monoisotopic (exact) mass is 238 g/mol. The molecule has 0 aromatic heterocycles. The summed E-state index contributed by atoms with van der Waals surface area (Å²) < 4.78 is 4.70. The molecule has 17 heavy (non-hydrogen) atoms. The van der Waals surface area contributed by atoms with Gasteiger partial charge in [-0.25, -0.2) is 4.79 Å². The Bertz CT molecular complexity index is 321. The summed E-state index contributed by atoms with van der Waals surface area (Å²) in [4.78, 5) is 11.3. The number of ether oxygens (including phenoxy) is 1. The summed E-state index contributed by atoms with van der Waals surface area (Å²) in [5.74, 6) is 3.01. The normalized spacial score (nSPS) is 47.6. The predicted octanol–water partition coefficient (Wildman–Crippen LogP) is 1.49. The minimum atomic E-state index is -0.295. The number of carbonyl (C=O) groups is 1. The second-order valence-electron chi connectivity index (χ2n) is 6.13. The Balaban J connectivity index is 1.73. The molecular weight excluding hydrogens is 216 g/mol. The highest BCUT2D eigenvalue weighted by Gasteiger charge is 2.48. The van der Waals surface area contributed by atoms with Crippen LogP contribution in [0.2, 0.25) is 0 Å². The second kappa shape index (κ2) is 4.16. The zero-order valence-corrected chi connectivity index (χ0v) is 10.4. The molecule has 3 aliphatic rings. The minimum absolute atomic E-state index is 0.271. The van der Waals surface area contributed by atoms with E-state index < -0.39 is 0 Å². The fraction of sp³-hybridized carbons (Fsp3) is 0.923. The molecule has 4 nitrogen and oxygen atoms in total. The Morgan fingerprint density at radius 3 is 2.24 bits per heavy atom. The number of alkyl carbamates (subject to hydrolysis) is 1. The molecule has 4 heteroatoms. The zero-order chi connectivity index (χ0) is 12.0. The maximum Gasteiger partial charge on any atom is 0.407 e. The summed E-state index contributed by atoms with van der Waals surface area (Å²) in [5.41, 5.74) is 6.35. The van der Waals surface area contributed by atoms with Crippen LogP contribution >= 0.6 is 0 Å². The van der Waals surface area contributed by atoms with E-state index in [-0.39, 0.29) is 12.1 Å². The molecule has 3 bridgehead atoms. The first kappa shape index (κ1) is 11.3. The molecule has 3 N–H and O–H groups in total. The smallest absolute Gasteiger partial charge is 0.407 e. The molecule has 4 unspecified atom stereocenters. The highest BCUT2D eigenvalue weighted by molar-refractivity contribution is 5.67. The van der Waals surface area contributed by atoms with Gasteiger partial charge in [0.05, 0.1) is 7.11 Å². The molecule has 0 aromatic carbocycles. The number of amides is 1. The average molecular weight is 238 g/mol. The van der Waals surface area contributed by atoms with Gasteiger partial charge in [0.25, 0.3) is 0 Å². The van der Waals surface area contributed by atoms with Crippen LogP contribution in [0.5, 0.6) is 0 Å². The van der Waals surface area contributed by atoms with E-state index in [1.54, 1.807) is 0 Å². The summed E-state index contributed by atoms with van der Waals surface area (Å²) in [6, 6.07) is 0.631. The highest BCUT2D eigenvalue weighted by atomic mass is 16.5. The van der Waals surface area contributed by atoms with Gasteiger partial charge in [-0.05, 0) is 55.8 Å². The van der Waals surface area contributed by atoms with Crippen molar-refractivity contribution in [3.63, 3.8) is 0 Å². The fourth-order valence-electron chi connectivity index (χ4n) is 4.51. The fourth-order valence-corrected chi connectivity index (χ4v) is 4.51. The van der Waals surface area contributed by atoms with Crippen molar-refractivity contribution >= 4 is 6.09 Å². The van der Waals surface area contributed by atoms with E-state index in [0.29, 0.717) is 12.0 Å². The van der Waals surface area contributed by atoms with Crippen LogP contribution in [-0.2, 0) is 4.74 Å². The van der Waals surface area contributed by atoms with Crippen LogP contribution in [0.15, 0.2) is 0 Å². The zero-order valence-electron chi connectivity index (χ0n) is 10.4. The van der Waals surface area contributed by atoms with Crippen LogP contribution in [0.1, 0.15) is 32.1 Å². The number of nitrogens with one attached hydrogen (secondary N) is 1. The van der Waals surface area contributed by atoms with E-state index in [1.807, 2.05) is 0 Å². The van der Waals surface area contributed by atoms with Gasteiger partial charge < -0.3 is 15.8 Å². The van der Waals surface area contributed by atoms with Gasteiger partial charge in [-0.2, -0.15) is 0 Å². The molecule has 0 saturated heterocycles. The Kier molecular flexibility index (Phi) is 2.77. The lowest BCUT2D eigenvalue weighted by molar-refractivity contribution is 0.158. The molecule has 3 rings (SSSR count). The van der Waals surface area contributed by atoms with Crippen molar-refractivity contribution in [2.24, 2.45) is 29.4 Å². The highest BCUT2D eigenvalue weighted by Crippen LogP contribution is 2.52. The maximum atomic E-state index is 11.3. The molecule has 3 aliphatic carbocycles. The van der Waals surface area contributed by atoms with Crippen LogP contribution in [0.3, 0.4) is 0 Å². The summed E-state index contributed by atoms with van der Waals surface area (Å²) in [6.45, 7) is 0. The van der Waals surface area contributed by atoms with Crippen molar-refractivity contribution in [3.05, 3.63) is 0 Å². The largest absolute Gasteiger partial charge is 0.453 e. The van der Waals surface area contributed by atoms with Gasteiger partial charge in [-0.3, -0.25) is 0 Å². The first-order valence-electron chi connectivity index (χ1n) is 6.77. The number of carbonyl (C=O) groups excluding carboxylic acids is 1. The summed E-state index contributed by atoms with van der Waals surface area (Å²) >= 11 is 0. The van der Waals surface area contributed by atoms with Crippen molar-refractivity contribution < 1.29 is 9.53 Å². The molecule has 0 aromatic rings. The molecular formula is C13H22N2O2. The van der Waals surface area contributed by atoms with Crippen LogP contribution in [0.25, 0.3) is 0 Å². The Morgan fingerprint density at radius 1 is 1.06 bits per heavy atom. The molecule has 3 fully saturated rings. The van der Waals surface area contributed by atoms with E-state index in [4.69, 9.17) is 10.5 Å². The van der Waals surface area contributed by atoms with Crippen LogP contribution in [0, 0.1) is 23.7 Å². The topological polar surface area (TPSA) is 64.3 Å². The summed E-state index contributed by atoms with van der Waals surface area (Å²) in [6.07, 6.45) is 5.76. The lowest BCUT2D eigenvalue weighted by Gasteiger charge is -2.35. The molecule has 0 aliphatic heterocycles. The van der Waals surface area contributed by atoms with Crippen molar-refractivity contribution in [1.29, 1.82) is 0 Å². The van der Waals surface area contributed by atoms with Gasteiger partial charge in [0, 0.05) is 12.1 Å². The van der Waals surface area contributed by atoms with Gasteiger partial charge in [-0.1, -0.05) is 0 Å². The lowest BCUT2D eigenvalue weighted by atomic mass is 9.75. The van der Waals surface area contributed by atoms with E-state index in [0.717, 1.165) is 30.6 Å². The minimum Gasteiger partial charge on any atom is -0.453 e. The molecule has 6 atom stereocenters. The number of fused-ring (bicyclic) bond motifs is 2. The molecule has 3 saturated carbocycles. The van der Waals surface area contributed by atoms with E-state index in [2.05, 4.69) is 5.32 Å².